The monoisotopic (exact) mass is 243 g/mol. The summed E-state index contributed by atoms with van der Waals surface area (Å²) in [6, 6.07) is 4.57. The van der Waals surface area contributed by atoms with Crippen LogP contribution in [0.25, 0.3) is 5.69 Å². The van der Waals surface area contributed by atoms with Crippen LogP contribution in [0.1, 0.15) is 5.56 Å². The van der Waals surface area contributed by atoms with E-state index in [1.54, 1.807) is 0 Å². The number of aromatic nitrogens is 3. The molecule has 0 amide bonds. The number of hydrogen-bond acceptors (Lipinski definition) is 4. The molecule has 5 nitrogen and oxygen atoms in total. The molecule has 0 fully saturated rings. The summed E-state index contributed by atoms with van der Waals surface area (Å²) in [5, 5.41) is 3.69. The largest absolute Gasteiger partial charge is 0.416 e. The van der Waals surface area contributed by atoms with Crippen LogP contribution in [0.3, 0.4) is 0 Å². The average Bonchev–Trinajstić information content (AvgIpc) is 2.57. The molecule has 0 bridgehead atoms. The molecule has 4 N–H and O–H groups in total. The van der Waals surface area contributed by atoms with Crippen molar-refractivity contribution < 1.29 is 13.2 Å². The summed E-state index contributed by atoms with van der Waals surface area (Å²) in [6.45, 7) is 0. The normalized spacial score (nSPS) is 11.7. The lowest BCUT2D eigenvalue weighted by Crippen LogP contribution is -2.08. The Morgan fingerprint density at radius 1 is 1.18 bits per heavy atom. The molecule has 0 aliphatic rings. The molecule has 0 radical (unpaired) electrons. The molecule has 0 unspecified atom stereocenters. The molecule has 17 heavy (non-hydrogen) atoms. The second-order valence-electron chi connectivity index (χ2n) is 3.29. The van der Waals surface area contributed by atoms with Crippen molar-refractivity contribution in [3.8, 4) is 5.69 Å². The summed E-state index contributed by atoms with van der Waals surface area (Å²) >= 11 is 0. The van der Waals surface area contributed by atoms with Crippen molar-refractivity contribution in [3.63, 3.8) is 0 Å². The van der Waals surface area contributed by atoms with Crippen LogP contribution in [0.15, 0.2) is 24.3 Å². The van der Waals surface area contributed by atoms with Gasteiger partial charge in [0.2, 0.25) is 11.9 Å². The molecule has 2 rings (SSSR count). The summed E-state index contributed by atoms with van der Waals surface area (Å²) in [4.78, 5) is 3.61. The summed E-state index contributed by atoms with van der Waals surface area (Å²) in [6.07, 6.45) is -4.42. The van der Waals surface area contributed by atoms with E-state index in [1.807, 2.05) is 0 Å². The van der Waals surface area contributed by atoms with Crippen LogP contribution in [0.2, 0.25) is 0 Å². The second-order valence-corrected chi connectivity index (χ2v) is 3.29. The van der Waals surface area contributed by atoms with Crippen molar-refractivity contribution in [2.45, 2.75) is 6.18 Å². The van der Waals surface area contributed by atoms with Gasteiger partial charge in [0.15, 0.2) is 0 Å². The molecule has 0 aliphatic heterocycles. The van der Waals surface area contributed by atoms with Crippen LogP contribution in [-0.4, -0.2) is 14.8 Å². The van der Waals surface area contributed by atoms with E-state index in [4.69, 9.17) is 11.5 Å². The van der Waals surface area contributed by atoms with E-state index in [0.717, 1.165) is 16.8 Å². The maximum atomic E-state index is 12.5. The number of halogens is 3. The maximum Gasteiger partial charge on any atom is 0.416 e. The standard InChI is InChI=1S/C9H8F3N5/c10-9(11,12)5-2-1-3-6(4-5)17-8(14)15-7(13)16-17/h1-4H,(H4,13,14,15,16). The van der Waals surface area contributed by atoms with Gasteiger partial charge in [-0.1, -0.05) is 6.07 Å². The van der Waals surface area contributed by atoms with Crippen LogP contribution in [-0.2, 0) is 6.18 Å². The highest BCUT2D eigenvalue weighted by Crippen LogP contribution is 2.30. The number of alkyl halides is 3. The topological polar surface area (TPSA) is 82.7 Å². The van der Waals surface area contributed by atoms with Crippen LogP contribution < -0.4 is 11.5 Å². The average molecular weight is 243 g/mol. The SMILES string of the molecule is Nc1nc(N)n(-c2cccc(C(F)(F)F)c2)n1. The number of nitrogens with zero attached hydrogens (tertiary/aromatic N) is 3. The Morgan fingerprint density at radius 2 is 1.88 bits per heavy atom. The first-order chi connectivity index (χ1) is 7.88. The highest BCUT2D eigenvalue weighted by molar-refractivity contribution is 5.42. The van der Waals surface area contributed by atoms with E-state index >= 15 is 0 Å². The summed E-state index contributed by atoms with van der Waals surface area (Å²) in [5.41, 5.74) is 10.1. The number of rotatable bonds is 1. The molecule has 0 saturated carbocycles. The lowest BCUT2D eigenvalue weighted by molar-refractivity contribution is -0.137. The van der Waals surface area contributed by atoms with Crippen molar-refractivity contribution in [1.82, 2.24) is 14.8 Å². The summed E-state index contributed by atoms with van der Waals surface area (Å²) in [7, 11) is 0. The number of nitrogens with two attached hydrogens (primary N) is 2. The van der Waals surface area contributed by atoms with Gasteiger partial charge in [-0.15, -0.1) is 5.10 Å². The first kappa shape index (κ1) is 11.2. The molecular weight excluding hydrogens is 235 g/mol. The molecule has 90 valence electrons. The van der Waals surface area contributed by atoms with Crippen LogP contribution in [0.4, 0.5) is 25.1 Å². The third-order valence-corrected chi connectivity index (χ3v) is 2.07. The minimum atomic E-state index is -4.42. The summed E-state index contributed by atoms with van der Waals surface area (Å²) < 4.78 is 38.5. The second kappa shape index (κ2) is 3.65. The van der Waals surface area contributed by atoms with Crippen molar-refractivity contribution in [2.24, 2.45) is 0 Å². The van der Waals surface area contributed by atoms with Crippen molar-refractivity contribution in [2.75, 3.05) is 11.5 Å². The van der Waals surface area contributed by atoms with E-state index in [9.17, 15) is 13.2 Å². The van der Waals surface area contributed by atoms with Crippen molar-refractivity contribution in [1.29, 1.82) is 0 Å². The van der Waals surface area contributed by atoms with Crippen LogP contribution in [0, 0.1) is 0 Å². The number of hydrogen-bond donors (Lipinski definition) is 2. The molecule has 1 aromatic carbocycles. The molecule has 0 atom stereocenters. The lowest BCUT2D eigenvalue weighted by Gasteiger charge is -2.08. The Labute approximate surface area is 93.9 Å². The number of benzene rings is 1. The predicted octanol–water partition coefficient (Wildman–Crippen LogP) is 1.45. The van der Waals surface area contributed by atoms with E-state index in [0.29, 0.717) is 0 Å². The van der Waals surface area contributed by atoms with E-state index in [2.05, 4.69) is 10.1 Å². The van der Waals surface area contributed by atoms with Crippen LogP contribution >= 0.6 is 0 Å². The van der Waals surface area contributed by atoms with Gasteiger partial charge in [0, 0.05) is 0 Å². The maximum absolute atomic E-state index is 12.5. The highest BCUT2D eigenvalue weighted by Gasteiger charge is 2.30. The van der Waals surface area contributed by atoms with Gasteiger partial charge in [-0.05, 0) is 18.2 Å². The Kier molecular flexibility index (Phi) is 2.41. The molecule has 0 saturated heterocycles. The van der Waals surface area contributed by atoms with Gasteiger partial charge < -0.3 is 11.5 Å². The lowest BCUT2D eigenvalue weighted by atomic mass is 10.2. The van der Waals surface area contributed by atoms with E-state index < -0.39 is 11.7 Å². The minimum Gasteiger partial charge on any atom is -0.368 e. The Morgan fingerprint density at radius 3 is 2.41 bits per heavy atom. The Balaban J connectivity index is 2.50. The van der Waals surface area contributed by atoms with Gasteiger partial charge in [-0.25, -0.2) is 0 Å². The fourth-order valence-electron chi connectivity index (χ4n) is 1.34. The molecule has 1 heterocycles. The highest BCUT2D eigenvalue weighted by atomic mass is 19.4. The van der Waals surface area contributed by atoms with Gasteiger partial charge in [-0.2, -0.15) is 22.8 Å². The Bertz CT molecular complexity index is 546. The van der Waals surface area contributed by atoms with Crippen molar-refractivity contribution >= 4 is 11.9 Å². The zero-order valence-corrected chi connectivity index (χ0v) is 8.44. The zero-order chi connectivity index (χ0) is 12.6. The van der Waals surface area contributed by atoms with Crippen molar-refractivity contribution in [3.05, 3.63) is 29.8 Å². The van der Waals surface area contributed by atoms with E-state index in [1.165, 1.54) is 12.1 Å². The first-order valence-corrected chi connectivity index (χ1v) is 4.53. The Hall–Kier alpha value is -2.25. The third-order valence-electron chi connectivity index (χ3n) is 2.07. The zero-order valence-electron chi connectivity index (χ0n) is 8.44. The molecule has 0 spiro atoms. The molecular formula is C9H8F3N5. The number of anilines is 2. The van der Waals surface area contributed by atoms with Gasteiger partial charge in [0.1, 0.15) is 0 Å². The van der Waals surface area contributed by atoms with Crippen LogP contribution in [0.5, 0.6) is 0 Å². The third kappa shape index (κ3) is 2.14. The quantitative estimate of drug-likeness (QED) is 0.794. The minimum absolute atomic E-state index is 0.0678. The molecule has 8 heteroatoms. The van der Waals surface area contributed by atoms with Gasteiger partial charge in [-0.3, -0.25) is 0 Å². The van der Waals surface area contributed by atoms with E-state index in [-0.39, 0.29) is 17.6 Å². The fourth-order valence-corrected chi connectivity index (χ4v) is 1.34. The molecule has 1 aromatic heterocycles. The summed E-state index contributed by atoms with van der Waals surface area (Å²) in [5.74, 6) is -0.165. The first-order valence-electron chi connectivity index (χ1n) is 4.53. The van der Waals surface area contributed by atoms with Gasteiger partial charge in [0.05, 0.1) is 11.3 Å². The predicted molar refractivity (Wildman–Crippen MR) is 55.2 cm³/mol. The molecule has 0 aliphatic carbocycles. The smallest absolute Gasteiger partial charge is 0.368 e. The number of nitrogen functional groups attached to an aromatic ring is 2. The molecule has 2 aromatic rings. The van der Waals surface area contributed by atoms with Gasteiger partial charge >= 0.3 is 6.18 Å². The fraction of sp³-hybridized carbons (Fsp3) is 0.111. The van der Waals surface area contributed by atoms with Gasteiger partial charge in [0.25, 0.3) is 0 Å².